The van der Waals surface area contributed by atoms with Crippen molar-refractivity contribution < 1.29 is 22.3 Å². The molecule has 0 aliphatic rings. The summed E-state index contributed by atoms with van der Waals surface area (Å²) < 4.78 is 48.8. The number of nitrogens with zero attached hydrogens (tertiary/aromatic N) is 2. The van der Waals surface area contributed by atoms with Gasteiger partial charge in [-0.1, -0.05) is 23.5 Å². The lowest BCUT2D eigenvalue weighted by Crippen LogP contribution is -2.36. The van der Waals surface area contributed by atoms with Crippen LogP contribution in [0.2, 0.25) is 0 Å². The molecule has 2 heterocycles. The lowest BCUT2D eigenvalue weighted by atomic mass is 10.0. The SMILES string of the molecule is CO[C@@H](c1ccc(C(F)(F)F)cc1)[C@H](N)CNc1nnc(-c2ccc3[nH]c(=O)oc3c2)s1. The third kappa shape index (κ3) is 4.66. The number of halogens is 3. The number of nitrogens with two attached hydrogens (primary N) is 1. The summed E-state index contributed by atoms with van der Waals surface area (Å²) in [6.07, 6.45) is -5.02. The highest BCUT2D eigenvalue weighted by molar-refractivity contribution is 7.18. The van der Waals surface area contributed by atoms with E-state index in [0.717, 1.165) is 17.7 Å². The number of H-pyrrole nitrogens is 1. The predicted molar refractivity (Wildman–Crippen MR) is 113 cm³/mol. The highest BCUT2D eigenvalue weighted by Crippen LogP contribution is 2.31. The van der Waals surface area contributed by atoms with Gasteiger partial charge in [0, 0.05) is 19.2 Å². The van der Waals surface area contributed by atoms with Crippen molar-refractivity contribution in [3.05, 3.63) is 64.1 Å². The molecule has 12 heteroatoms. The first kappa shape index (κ1) is 22.0. The van der Waals surface area contributed by atoms with Crippen molar-refractivity contribution >= 4 is 27.6 Å². The zero-order valence-electron chi connectivity index (χ0n) is 16.6. The van der Waals surface area contributed by atoms with Gasteiger partial charge in [-0.2, -0.15) is 13.2 Å². The van der Waals surface area contributed by atoms with Crippen LogP contribution in [-0.4, -0.2) is 34.9 Å². The molecule has 2 aromatic carbocycles. The van der Waals surface area contributed by atoms with E-state index in [0.29, 0.717) is 26.8 Å². The minimum absolute atomic E-state index is 0.250. The standard InChI is InChI=1S/C20H18F3N5O3S/c1-30-16(10-2-5-12(6-3-10)20(21,22)23)13(24)9-25-18-28-27-17(32-18)11-4-7-14-15(8-11)31-19(29)26-14/h2-8,13,16H,9,24H2,1H3,(H,25,28)(H,26,29)/t13-,16+/m1/s1. The van der Waals surface area contributed by atoms with Gasteiger partial charge in [0.25, 0.3) is 0 Å². The van der Waals surface area contributed by atoms with Gasteiger partial charge < -0.3 is 20.2 Å². The number of ether oxygens (including phenoxy) is 1. The summed E-state index contributed by atoms with van der Waals surface area (Å²) in [5.41, 5.74) is 7.75. The second kappa shape index (κ2) is 8.73. The van der Waals surface area contributed by atoms with Crippen molar-refractivity contribution in [1.29, 1.82) is 0 Å². The van der Waals surface area contributed by atoms with E-state index >= 15 is 0 Å². The van der Waals surface area contributed by atoms with Crippen LogP contribution in [0.25, 0.3) is 21.7 Å². The molecule has 0 fully saturated rings. The average Bonchev–Trinajstić information content (AvgIpc) is 3.37. The Balaban J connectivity index is 1.42. The Hall–Kier alpha value is -3.22. The van der Waals surface area contributed by atoms with E-state index in [1.54, 1.807) is 18.2 Å². The Morgan fingerprint density at radius 1 is 1.22 bits per heavy atom. The summed E-state index contributed by atoms with van der Waals surface area (Å²) in [5, 5.41) is 12.4. The van der Waals surface area contributed by atoms with Gasteiger partial charge >= 0.3 is 11.9 Å². The van der Waals surface area contributed by atoms with Crippen molar-refractivity contribution in [1.82, 2.24) is 15.2 Å². The molecular formula is C20H18F3N5O3S. The van der Waals surface area contributed by atoms with Gasteiger partial charge in [-0.05, 0) is 35.9 Å². The number of anilines is 1. The molecule has 4 aromatic rings. The van der Waals surface area contributed by atoms with E-state index in [9.17, 15) is 18.0 Å². The van der Waals surface area contributed by atoms with Crippen LogP contribution in [-0.2, 0) is 10.9 Å². The first-order valence-corrected chi connectivity index (χ1v) is 10.2. The summed E-state index contributed by atoms with van der Waals surface area (Å²) in [5.74, 6) is -0.536. The third-order valence-electron chi connectivity index (χ3n) is 4.79. The third-order valence-corrected chi connectivity index (χ3v) is 5.72. The number of aromatic nitrogens is 3. The van der Waals surface area contributed by atoms with Gasteiger partial charge in [0.15, 0.2) is 5.58 Å². The smallest absolute Gasteiger partial charge is 0.408 e. The largest absolute Gasteiger partial charge is 0.417 e. The lowest BCUT2D eigenvalue weighted by Gasteiger charge is -2.23. The molecule has 0 unspecified atom stereocenters. The molecule has 2 aromatic heterocycles. The van der Waals surface area contributed by atoms with Crippen LogP contribution in [0.15, 0.2) is 51.7 Å². The number of methoxy groups -OCH3 is 1. The molecule has 2 atom stereocenters. The fraction of sp³-hybridized carbons (Fsp3) is 0.250. The zero-order valence-corrected chi connectivity index (χ0v) is 17.5. The van der Waals surface area contributed by atoms with Crippen LogP contribution in [0.5, 0.6) is 0 Å². The average molecular weight is 465 g/mol. The maximum atomic E-state index is 12.8. The predicted octanol–water partition coefficient (Wildman–Crippen LogP) is 3.79. The van der Waals surface area contributed by atoms with Gasteiger partial charge in [-0.15, -0.1) is 10.2 Å². The van der Waals surface area contributed by atoms with Gasteiger partial charge in [-0.25, -0.2) is 4.79 Å². The minimum atomic E-state index is -4.41. The Labute approximate surface area is 183 Å². The molecule has 0 radical (unpaired) electrons. The number of fused-ring (bicyclic) bond motifs is 1. The molecule has 8 nitrogen and oxygen atoms in total. The first-order chi connectivity index (χ1) is 15.2. The summed E-state index contributed by atoms with van der Waals surface area (Å²) >= 11 is 1.28. The summed E-state index contributed by atoms with van der Waals surface area (Å²) in [6, 6.07) is 9.35. The van der Waals surface area contributed by atoms with Gasteiger partial charge in [0.2, 0.25) is 5.13 Å². The Kier molecular flexibility index (Phi) is 6.00. The van der Waals surface area contributed by atoms with Crippen molar-refractivity contribution in [3.8, 4) is 10.6 Å². The molecule has 0 aliphatic heterocycles. The van der Waals surface area contributed by atoms with E-state index in [2.05, 4.69) is 20.5 Å². The molecule has 0 spiro atoms. The summed E-state index contributed by atoms with van der Waals surface area (Å²) in [4.78, 5) is 13.9. The first-order valence-electron chi connectivity index (χ1n) is 9.41. The maximum Gasteiger partial charge on any atom is 0.417 e. The number of oxazole rings is 1. The minimum Gasteiger partial charge on any atom is -0.408 e. The molecule has 0 saturated heterocycles. The molecule has 0 saturated carbocycles. The quantitative estimate of drug-likeness (QED) is 0.380. The van der Waals surface area contributed by atoms with E-state index < -0.39 is 29.6 Å². The zero-order chi connectivity index (χ0) is 22.9. The van der Waals surface area contributed by atoms with Crippen LogP contribution < -0.4 is 16.8 Å². The molecule has 0 amide bonds. The maximum absolute atomic E-state index is 12.8. The number of hydrogen-bond donors (Lipinski definition) is 3. The second-order valence-electron chi connectivity index (χ2n) is 6.96. The highest BCUT2D eigenvalue weighted by Gasteiger charge is 2.30. The molecular weight excluding hydrogens is 447 g/mol. The number of alkyl halides is 3. The van der Waals surface area contributed by atoms with Gasteiger partial charge in [0.1, 0.15) is 5.01 Å². The molecule has 0 aliphatic carbocycles. The van der Waals surface area contributed by atoms with E-state index in [1.165, 1.54) is 30.6 Å². The number of nitrogens with one attached hydrogen (secondary N) is 2. The van der Waals surface area contributed by atoms with E-state index in [1.807, 2.05) is 0 Å². The Morgan fingerprint density at radius 3 is 2.66 bits per heavy atom. The van der Waals surface area contributed by atoms with Crippen LogP contribution >= 0.6 is 11.3 Å². The summed E-state index contributed by atoms with van der Waals surface area (Å²) in [6.45, 7) is 0.250. The fourth-order valence-electron chi connectivity index (χ4n) is 3.22. The molecule has 168 valence electrons. The van der Waals surface area contributed by atoms with Crippen molar-refractivity contribution in [2.45, 2.75) is 18.3 Å². The number of aromatic amines is 1. The van der Waals surface area contributed by atoms with Crippen LogP contribution in [0.3, 0.4) is 0 Å². The molecule has 4 rings (SSSR count). The van der Waals surface area contributed by atoms with Crippen LogP contribution in [0, 0.1) is 0 Å². The summed E-state index contributed by atoms with van der Waals surface area (Å²) in [7, 11) is 1.45. The van der Waals surface area contributed by atoms with Crippen molar-refractivity contribution in [2.24, 2.45) is 5.73 Å². The Bertz CT molecular complexity index is 1270. The second-order valence-corrected chi connectivity index (χ2v) is 7.94. The van der Waals surface area contributed by atoms with Crippen LogP contribution in [0.4, 0.5) is 18.3 Å². The normalized spacial score (nSPS) is 13.9. The van der Waals surface area contributed by atoms with Crippen molar-refractivity contribution in [3.63, 3.8) is 0 Å². The monoisotopic (exact) mass is 465 g/mol. The van der Waals surface area contributed by atoms with E-state index in [4.69, 9.17) is 14.9 Å². The van der Waals surface area contributed by atoms with E-state index in [-0.39, 0.29) is 6.54 Å². The number of rotatable bonds is 7. The number of benzene rings is 2. The molecule has 32 heavy (non-hydrogen) atoms. The molecule has 0 bridgehead atoms. The van der Waals surface area contributed by atoms with Crippen molar-refractivity contribution in [2.75, 3.05) is 19.0 Å². The van der Waals surface area contributed by atoms with Gasteiger partial charge in [-0.3, -0.25) is 4.98 Å². The lowest BCUT2D eigenvalue weighted by molar-refractivity contribution is -0.137. The van der Waals surface area contributed by atoms with Gasteiger partial charge in [0.05, 0.1) is 23.2 Å². The van der Waals surface area contributed by atoms with Crippen LogP contribution in [0.1, 0.15) is 17.2 Å². The topological polar surface area (TPSA) is 119 Å². The Morgan fingerprint density at radius 2 is 1.97 bits per heavy atom. The molecule has 4 N–H and O–H groups in total. The fourth-order valence-corrected chi connectivity index (χ4v) is 3.97. The highest BCUT2D eigenvalue weighted by atomic mass is 32.1. The number of hydrogen-bond acceptors (Lipinski definition) is 8.